The Labute approximate surface area is 113 Å². The number of carbonyl (C=O) groups excluding carboxylic acids is 1. The molecule has 19 heavy (non-hydrogen) atoms. The number of Topliss-reactive ketones (excluding diaryl/α,β-unsaturated/α-hetero) is 1. The van der Waals surface area contributed by atoms with Crippen LogP contribution in [0, 0.1) is 13.8 Å². The number of aryl methyl sites for hydroxylation is 2. The van der Waals surface area contributed by atoms with Gasteiger partial charge in [-0.05, 0) is 49.4 Å². The Hall–Kier alpha value is -1.96. The van der Waals surface area contributed by atoms with Crippen LogP contribution in [0.1, 0.15) is 45.1 Å². The van der Waals surface area contributed by atoms with Crippen LogP contribution in [0.15, 0.2) is 36.5 Å². The third kappa shape index (κ3) is 1.97. The van der Waals surface area contributed by atoms with Crippen LogP contribution in [0.2, 0.25) is 0 Å². The molecule has 96 valence electrons. The van der Waals surface area contributed by atoms with Crippen LogP contribution in [0.4, 0.5) is 0 Å². The zero-order valence-corrected chi connectivity index (χ0v) is 11.3. The van der Waals surface area contributed by atoms with Gasteiger partial charge in [-0.1, -0.05) is 24.3 Å². The molecule has 0 amide bonds. The van der Waals surface area contributed by atoms with Crippen molar-refractivity contribution in [3.05, 3.63) is 64.5 Å². The number of ketones is 1. The van der Waals surface area contributed by atoms with E-state index in [1.165, 1.54) is 11.1 Å². The molecule has 1 atom stereocenters. The quantitative estimate of drug-likeness (QED) is 0.763. The van der Waals surface area contributed by atoms with E-state index in [0.717, 1.165) is 29.7 Å². The van der Waals surface area contributed by atoms with Gasteiger partial charge in [0.2, 0.25) is 0 Å². The minimum absolute atomic E-state index is 0.0586. The molecule has 1 aliphatic carbocycles. The van der Waals surface area contributed by atoms with E-state index in [1.54, 1.807) is 6.20 Å². The first-order valence-corrected chi connectivity index (χ1v) is 6.72. The molecule has 2 nitrogen and oxygen atoms in total. The van der Waals surface area contributed by atoms with Gasteiger partial charge in [-0.2, -0.15) is 0 Å². The molecule has 1 unspecified atom stereocenters. The van der Waals surface area contributed by atoms with E-state index in [9.17, 15) is 4.79 Å². The summed E-state index contributed by atoms with van der Waals surface area (Å²) < 4.78 is 0. The predicted octanol–water partition coefficient (Wildman–Crippen LogP) is 3.61. The average Bonchev–Trinajstić information content (AvgIpc) is 2.85. The number of carbonyl (C=O) groups is 1. The first kappa shape index (κ1) is 12.1. The Balaban J connectivity index is 2.00. The minimum Gasteiger partial charge on any atom is -0.293 e. The van der Waals surface area contributed by atoms with Gasteiger partial charge in [-0.25, -0.2) is 0 Å². The number of hydrogen-bond acceptors (Lipinski definition) is 2. The summed E-state index contributed by atoms with van der Waals surface area (Å²) >= 11 is 0. The van der Waals surface area contributed by atoms with E-state index < -0.39 is 0 Å². The van der Waals surface area contributed by atoms with E-state index in [4.69, 9.17) is 0 Å². The highest BCUT2D eigenvalue weighted by atomic mass is 16.1. The molecule has 2 aromatic rings. The van der Waals surface area contributed by atoms with Crippen molar-refractivity contribution in [3.8, 4) is 0 Å². The molecule has 1 aliphatic rings. The van der Waals surface area contributed by atoms with E-state index in [0.29, 0.717) is 0 Å². The van der Waals surface area contributed by atoms with Gasteiger partial charge in [0, 0.05) is 11.8 Å². The van der Waals surface area contributed by atoms with Crippen molar-refractivity contribution in [2.75, 3.05) is 0 Å². The van der Waals surface area contributed by atoms with Gasteiger partial charge >= 0.3 is 0 Å². The fourth-order valence-electron chi connectivity index (χ4n) is 2.87. The van der Waals surface area contributed by atoms with Crippen LogP contribution < -0.4 is 0 Å². The maximum Gasteiger partial charge on any atom is 0.172 e. The van der Waals surface area contributed by atoms with Crippen molar-refractivity contribution in [2.45, 2.75) is 32.6 Å². The zero-order chi connectivity index (χ0) is 13.4. The molecule has 1 aromatic carbocycles. The molecule has 0 aliphatic heterocycles. The number of nitrogens with zero attached hydrogens (tertiary/aromatic N) is 1. The van der Waals surface area contributed by atoms with Crippen LogP contribution in [-0.4, -0.2) is 10.8 Å². The molecular formula is C17H17NO. The highest BCUT2D eigenvalue weighted by molar-refractivity contribution is 6.02. The lowest BCUT2D eigenvalue weighted by Crippen LogP contribution is -2.13. The summed E-state index contributed by atoms with van der Waals surface area (Å²) in [6, 6.07) is 9.98. The summed E-state index contributed by atoms with van der Waals surface area (Å²) in [4.78, 5) is 17.2. The first-order chi connectivity index (χ1) is 9.18. The predicted molar refractivity (Wildman–Crippen MR) is 75.5 cm³/mol. The van der Waals surface area contributed by atoms with E-state index >= 15 is 0 Å². The topological polar surface area (TPSA) is 30.0 Å². The Morgan fingerprint density at radius 2 is 2.05 bits per heavy atom. The van der Waals surface area contributed by atoms with Crippen molar-refractivity contribution >= 4 is 5.78 Å². The SMILES string of the molecule is Cc1cccc(C(=O)C2CCc3cccnc32)c1C. The molecule has 0 fully saturated rings. The second-order valence-corrected chi connectivity index (χ2v) is 5.25. The summed E-state index contributed by atoms with van der Waals surface area (Å²) in [7, 11) is 0. The summed E-state index contributed by atoms with van der Waals surface area (Å²) in [5, 5.41) is 0. The van der Waals surface area contributed by atoms with Crippen LogP contribution >= 0.6 is 0 Å². The van der Waals surface area contributed by atoms with Gasteiger partial charge in [-0.3, -0.25) is 9.78 Å². The highest BCUT2D eigenvalue weighted by Crippen LogP contribution is 2.34. The van der Waals surface area contributed by atoms with Crippen LogP contribution in [0.5, 0.6) is 0 Å². The average molecular weight is 251 g/mol. The second kappa shape index (κ2) is 4.61. The van der Waals surface area contributed by atoms with Crippen molar-refractivity contribution in [1.29, 1.82) is 0 Å². The summed E-state index contributed by atoms with van der Waals surface area (Å²) in [5.41, 5.74) is 5.32. The lowest BCUT2D eigenvalue weighted by atomic mass is 9.91. The molecule has 3 rings (SSSR count). The molecule has 2 heteroatoms. The standard InChI is InChI=1S/C17H17NO/c1-11-5-3-7-14(12(11)2)17(19)15-9-8-13-6-4-10-18-16(13)15/h3-7,10,15H,8-9H2,1-2H3. The molecule has 1 heterocycles. The minimum atomic E-state index is -0.0586. The first-order valence-electron chi connectivity index (χ1n) is 6.72. The number of hydrogen-bond donors (Lipinski definition) is 0. The molecule has 0 bridgehead atoms. The van der Waals surface area contributed by atoms with Gasteiger partial charge < -0.3 is 0 Å². The fraction of sp³-hybridized carbons (Fsp3) is 0.294. The number of pyridine rings is 1. The molecule has 0 N–H and O–H groups in total. The van der Waals surface area contributed by atoms with Crippen LogP contribution in [0.25, 0.3) is 0 Å². The van der Waals surface area contributed by atoms with Gasteiger partial charge in [-0.15, -0.1) is 0 Å². The van der Waals surface area contributed by atoms with Gasteiger partial charge in [0.05, 0.1) is 11.6 Å². The number of benzene rings is 1. The Morgan fingerprint density at radius 3 is 2.89 bits per heavy atom. The fourth-order valence-corrected chi connectivity index (χ4v) is 2.87. The van der Waals surface area contributed by atoms with Gasteiger partial charge in [0.25, 0.3) is 0 Å². The van der Waals surface area contributed by atoms with Crippen molar-refractivity contribution < 1.29 is 4.79 Å². The molecule has 1 aromatic heterocycles. The van der Waals surface area contributed by atoms with Gasteiger partial charge in [0.15, 0.2) is 5.78 Å². The summed E-state index contributed by atoms with van der Waals surface area (Å²) in [6.45, 7) is 4.07. The maximum absolute atomic E-state index is 12.7. The lowest BCUT2D eigenvalue weighted by Gasteiger charge is -2.13. The lowest BCUT2D eigenvalue weighted by molar-refractivity contribution is 0.0957. The van der Waals surface area contributed by atoms with E-state index in [1.807, 2.05) is 38.1 Å². The largest absolute Gasteiger partial charge is 0.293 e. The monoisotopic (exact) mass is 251 g/mol. The normalized spacial score (nSPS) is 17.3. The van der Waals surface area contributed by atoms with Crippen LogP contribution in [0.3, 0.4) is 0 Å². The Morgan fingerprint density at radius 1 is 1.21 bits per heavy atom. The number of aromatic nitrogens is 1. The zero-order valence-electron chi connectivity index (χ0n) is 11.3. The van der Waals surface area contributed by atoms with Crippen molar-refractivity contribution in [1.82, 2.24) is 4.98 Å². The van der Waals surface area contributed by atoms with E-state index in [2.05, 4.69) is 11.1 Å². The smallest absolute Gasteiger partial charge is 0.172 e. The second-order valence-electron chi connectivity index (χ2n) is 5.25. The highest BCUT2D eigenvalue weighted by Gasteiger charge is 2.31. The van der Waals surface area contributed by atoms with Gasteiger partial charge in [0.1, 0.15) is 0 Å². The Bertz CT molecular complexity index is 645. The Kier molecular flexibility index (Phi) is 2.94. The molecule has 0 spiro atoms. The third-order valence-corrected chi connectivity index (χ3v) is 4.15. The molecular weight excluding hydrogens is 234 g/mol. The van der Waals surface area contributed by atoms with E-state index in [-0.39, 0.29) is 11.7 Å². The maximum atomic E-state index is 12.7. The molecule has 0 saturated heterocycles. The van der Waals surface area contributed by atoms with Crippen molar-refractivity contribution in [3.63, 3.8) is 0 Å². The number of rotatable bonds is 2. The molecule has 0 saturated carbocycles. The third-order valence-electron chi connectivity index (χ3n) is 4.15. The van der Waals surface area contributed by atoms with Crippen molar-refractivity contribution in [2.24, 2.45) is 0 Å². The van der Waals surface area contributed by atoms with Crippen LogP contribution in [-0.2, 0) is 6.42 Å². The molecule has 0 radical (unpaired) electrons. The summed E-state index contributed by atoms with van der Waals surface area (Å²) in [5.74, 6) is 0.162. The summed E-state index contributed by atoms with van der Waals surface area (Å²) in [6.07, 6.45) is 3.64. The number of fused-ring (bicyclic) bond motifs is 1.